The van der Waals surface area contributed by atoms with Gasteiger partial charge >= 0.3 is 0 Å². The second kappa shape index (κ2) is 9.82. The van der Waals surface area contributed by atoms with Gasteiger partial charge < -0.3 is 5.32 Å². The largest absolute Gasteiger partial charge is 0.326 e. The van der Waals surface area contributed by atoms with E-state index in [1.165, 1.54) is 0 Å². The molecule has 2 N–H and O–H groups in total. The highest BCUT2D eigenvalue weighted by Crippen LogP contribution is 2.06. The molecule has 0 saturated heterocycles. The van der Waals surface area contributed by atoms with Gasteiger partial charge in [-0.3, -0.25) is 9.59 Å². The summed E-state index contributed by atoms with van der Waals surface area (Å²) >= 11 is 0. The maximum Gasteiger partial charge on any atom is 0.240 e. The van der Waals surface area contributed by atoms with E-state index in [1.807, 2.05) is 60.7 Å². The molecule has 128 valence electrons. The van der Waals surface area contributed by atoms with Crippen LogP contribution in [-0.4, -0.2) is 17.5 Å². The standard InChI is InChI=1S/C20H21N3O2/c1-16(12-13-17-8-4-2-5-9-17)22-23-20(25)15-14-19(24)21-18-10-6-3-7-11-18/h2-13H,14-15H2,1H3,(H,21,24)(H,23,25)/b13-12-,22-16-. The van der Waals surface area contributed by atoms with Crippen LogP contribution in [-0.2, 0) is 9.59 Å². The van der Waals surface area contributed by atoms with Crippen LogP contribution in [0.15, 0.2) is 71.8 Å². The summed E-state index contributed by atoms with van der Waals surface area (Å²) in [6.07, 6.45) is 3.92. The van der Waals surface area contributed by atoms with E-state index in [-0.39, 0.29) is 24.7 Å². The minimum Gasteiger partial charge on any atom is -0.326 e. The zero-order valence-corrected chi connectivity index (χ0v) is 14.1. The minimum absolute atomic E-state index is 0.0812. The Bertz CT molecular complexity index is 753. The smallest absolute Gasteiger partial charge is 0.240 e. The van der Waals surface area contributed by atoms with Crippen LogP contribution in [0.25, 0.3) is 6.08 Å². The van der Waals surface area contributed by atoms with Gasteiger partial charge in [0.05, 0.1) is 5.71 Å². The second-order valence-corrected chi connectivity index (χ2v) is 5.45. The van der Waals surface area contributed by atoms with Crippen LogP contribution in [0.2, 0.25) is 0 Å². The molecule has 5 nitrogen and oxygen atoms in total. The lowest BCUT2D eigenvalue weighted by molar-refractivity contribution is -0.124. The Morgan fingerprint density at radius 3 is 2.20 bits per heavy atom. The Morgan fingerprint density at radius 2 is 1.52 bits per heavy atom. The first-order chi connectivity index (χ1) is 12.1. The Kier molecular flexibility index (Phi) is 7.13. The van der Waals surface area contributed by atoms with Crippen molar-refractivity contribution in [1.29, 1.82) is 0 Å². The first kappa shape index (κ1) is 18.1. The third-order valence-corrected chi connectivity index (χ3v) is 3.31. The van der Waals surface area contributed by atoms with E-state index in [0.717, 1.165) is 5.56 Å². The van der Waals surface area contributed by atoms with Crippen molar-refractivity contribution >= 4 is 29.3 Å². The molecule has 2 aromatic carbocycles. The van der Waals surface area contributed by atoms with Gasteiger partial charge in [-0.05, 0) is 30.7 Å². The number of allylic oxidation sites excluding steroid dienone is 1. The number of anilines is 1. The van der Waals surface area contributed by atoms with E-state index >= 15 is 0 Å². The molecule has 0 radical (unpaired) electrons. The summed E-state index contributed by atoms with van der Waals surface area (Å²) in [6, 6.07) is 19.0. The summed E-state index contributed by atoms with van der Waals surface area (Å²) in [5.41, 5.74) is 4.90. The minimum atomic E-state index is -0.296. The number of para-hydroxylation sites is 1. The summed E-state index contributed by atoms with van der Waals surface area (Å²) in [5, 5.41) is 6.73. The van der Waals surface area contributed by atoms with Gasteiger partial charge in [-0.15, -0.1) is 0 Å². The molecule has 0 bridgehead atoms. The number of hydrogen-bond acceptors (Lipinski definition) is 3. The monoisotopic (exact) mass is 335 g/mol. The number of amides is 2. The van der Waals surface area contributed by atoms with Crippen molar-refractivity contribution in [1.82, 2.24) is 5.43 Å². The number of carbonyl (C=O) groups excluding carboxylic acids is 2. The van der Waals surface area contributed by atoms with Crippen LogP contribution in [0.3, 0.4) is 0 Å². The fraction of sp³-hybridized carbons (Fsp3) is 0.150. The number of rotatable bonds is 7. The molecule has 25 heavy (non-hydrogen) atoms. The Balaban J connectivity index is 1.72. The summed E-state index contributed by atoms with van der Waals surface area (Å²) in [5.74, 6) is -0.498. The summed E-state index contributed by atoms with van der Waals surface area (Å²) in [7, 11) is 0. The van der Waals surface area contributed by atoms with Gasteiger partial charge in [0.25, 0.3) is 0 Å². The molecule has 0 atom stereocenters. The molecule has 2 amide bonds. The first-order valence-electron chi connectivity index (χ1n) is 8.04. The number of nitrogens with one attached hydrogen (secondary N) is 2. The Hall–Kier alpha value is -3.21. The summed E-state index contributed by atoms with van der Waals surface area (Å²) < 4.78 is 0. The van der Waals surface area contributed by atoms with Crippen molar-refractivity contribution in [3.8, 4) is 0 Å². The lowest BCUT2D eigenvalue weighted by Crippen LogP contribution is -2.21. The van der Waals surface area contributed by atoms with Crippen LogP contribution in [0, 0.1) is 0 Å². The average molecular weight is 335 g/mol. The predicted octanol–water partition coefficient (Wildman–Crippen LogP) is 3.61. The third kappa shape index (κ3) is 7.26. The van der Waals surface area contributed by atoms with Gasteiger partial charge in [0.2, 0.25) is 11.8 Å². The number of hydrazone groups is 1. The van der Waals surface area contributed by atoms with Gasteiger partial charge in [-0.2, -0.15) is 5.10 Å². The third-order valence-electron chi connectivity index (χ3n) is 3.31. The predicted molar refractivity (Wildman–Crippen MR) is 101 cm³/mol. The van der Waals surface area contributed by atoms with Crippen molar-refractivity contribution in [2.24, 2.45) is 5.10 Å². The van der Waals surface area contributed by atoms with Gasteiger partial charge in [0.1, 0.15) is 0 Å². The molecular formula is C20H21N3O2. The van der Waals surface area contributed by atoms with Crippen LogP contribution in [0.1, 0.15) is 25.3 Å². The van der Waals surface area contributed by atoms with Crippen molar-refractivity contribution < 1.29 is 9.59 Å². The topological polar surface area (TPSA) is 70.6 Å². The van der Waals surface area contributed by atoms with Gasteiger partial charge in [-0.25, -0.2) is 5.43 Å². The molecule has 0 aliphatic heterocycles. The van der Waals surface area contributed by atoms with Crippen molar-refractivity contribution in [2.75, 3.05) is 5.32 Å². The van der Waals surface area contributed by atoms with Crippen molar-refractivity contribution in [3.05, 3.63) is 72.3 Å². The summed E-state index contributed by atoms with van der Waals surface area (Å²) in [4.78, 5) is 23.5. The normalized spacial score (nSPS) is 11.3. The van der Waals surface area contributed by atoms with E-state index in [0.29, 0.717) is 11.4 Å². The van der Waals surface area contributed by atoms with E-state index in [1.54, 1.807) is 19.1 Å². The second-order valence-electron chi connectivity index (χ2n) is 5.45. The quantitative estimate of drug-likeness (QED) is 0.599. The van der Waals surface area contributed by atoms with Gasteiger partial charge in [-0.1, -0.05) is 54.6 Å². The van der Waals surface area contributed by atoms with Crippen LogP contribution >= 0.6 is 0 Å². The SMILES string of the molecule is CC(/C=C\c1ccccc1)=N/NC(=O)CCC(=O)Nc1ccccc1. The van der Waals surface area contributed by atoms with E-state index in [9.17, 15) is 9.59 Å². The van der Waals surface area contributed by atoms with Crippen molar-refractivity contribution in [3.63, 3.8) is 0 Å². The van der Waals surface area contributed by atoms with Crippen molar-refractivity contribution in [2.45, 2.75) is 19.8 Å². The molecule has 0 aliphatic carbocycles. The maximum atomic E-state index is 11.8. The van der Waals surface area contributed by atoms with E-state index in [4.69, 9.17) is 0 Å². The fourth-order valence-corrected chi connectivity index (χ4v) is 2.00. The number of benzene rings is 2. The molecule has 0 aromatic heterocycles. The highest BCUT2D eigenvalue weighted by atomic mass is 16.2. The number of nitrogens with zero attached hydrogens (tertiary/aromatic N) is 1. The summed E-state index contributed by atoms with van der Waals surface area (Å²) in [6.45, 7) is 1.79. The lowest BCUT2D eigenvalue weighted by atomic mass is 10.2. The maximum absolute atomic E-state index is 11.8. The number of carbonyl (C=O) groups is 2. The lowest BCUT2D eigenvalue weighted by Gasteiger charge is -2.04. The van der Waals surface area contributed by atoms with E-state index in [2.05, 4.69) is 15.8 Å². The molecule has 0 saturated carbocycles. The fourth-order valence-electron chi connectivity index (χ4n) is 2.00. The first-order valence-corrected chi connectivity index (χ1v) is 8.04. The molecule has 0 spiro atoms. The molecule has 5 heteroatoms. The van der Waals surface area contributed by atoms with Gasteiger partial charge in [0, 0.05) is 18.5 Å². The average Bonchev–Trinajstić information content (AvgIpc) is 2.64. The highest BCUT2D eigenvalue weighted by molar-refractivity contribution is 5.97. The molecule has 2 aromatic rings. The number of hydrogen-bond donors (Lipinski definition) is 2. The molecule has 2 rings (SSSR count). The zero-order chi connectivity index (χ0) is 17.9. The zero-order valence-electron chi connectivity index (χ0n) is 14.1. The highest BCUT2D eigenvalue weighted by Gasteiger charge is 2.06. The molecular weight excluding hydrogens is 314 g/mol. The van der Waals surface area contributed by atoms with Crippen LogP contribution in [0.5, 0.6) is 0 Å². The van der Waals surface area contributed by atoms with Crippen LogP contribution in [0.4, 0.5) is 5.69 Å². The molecule has 0 heterocycles. The molecule has 0 fully saturated rings. The van der Waals surface area contributed by atoms with Gasteiger partial charge in [0.15, 0.2) is 0 Å². The van der Waals surface area contributed by atoms with Crippen LogP contribution < -0.4 is 10.7 Å². The van der Waals surface area contributed by atoms with E-state index < -0.39 is 0 Å². The molecule has 0 unspecified atom stereocenters. The Morgan fingerprint density at radius 1 is 0.920 bits per heavy atom. The Labute approximate surface area is 147 Å². The molecule has 0 aliphatic rings.